The van der Waals surface area contributed by atoms with Gasteiger partial charge >= 0.3 is 0 Å². The molecule has 4 rings (SSSR count). The fourth-order valence-corrected chi connectivity index (χ4v) is 3.68. The van der Waals surface area contributed by atoms with E-state index in [1.807, 2.05) is 0 Å². The van der Waals surface area contributed by atoms with Crippen molar-refractivity contribution in [2.45, 2.75) is 6.42 Å². The Hall–Kier alpha value is -2.35. The van der Waals surface area contributed by atoms with Gasteiger partial charge in [-0.2, -0.15) is 0 Å². The Balaban J connectivity index is 1.27. The summed E-state index contributed by atoms with van der Waals surface area (Å²) in [6, 6.07) is 3.33. The summed E-state index contributed by atoms with van der Waals surface area (Å²) in [6.07, 6.45) is 2.12. The van der Waals surface area contributed by atoms with Gasteiger partial charge in [0, 0.05) is 39.3 Å². The van der Waals surface area contributed by atoms with E-state index in [-0.39, 0.29) is 29.6 Å². The van der Waals surface area contributed by atoms with Gasteiger partial charge in [-0.3, -0.25) is 14.4 Å². The van der Waals surface area contributed by atoms with E-state index in [0.29, 0.717) is 64.7 Å². The molecule has 0 N–H and O–H groups in total. The van der Waals surface area contributed by atoms with Crippen molar-refractivity contribution in [3.8, 4) is 0 Å². The third-order valence-corrected chi connectivity index (χ3v) is 5.36. The summed E-state index contributed by atoms with van der Waals surface area (Å²) in [7, 11) is 0. The fourth-order valence-electron chi connectivity index (χ4n) is 3.68. The van der Waals surface area contributed by atoms with E-state index in [2.05, 4.69) is 0 Å². The van der Waals surface area contributed by atoms with Gasteiger partial charge in [-0.15, -0.1) is 0 Å². The maximum absolute atomic E-state index is 12.7. The van der Waals surface area contributed by atoms with Crippen LogP contribution in [0.3, 0.4) is 0 Å². The molecule has 1 aliphatic carbocycles. The standard InChI is InChI=1S/C18H23N3O5/c22-16(13-12-14(13)17(23)21-7-10-25-11-8-21)19-3-5-20(6-4-19)18(24)15-2-1-9-26-15/h1-2,9,13-14H,3-8,10-12H2. The van der Waals surface area contributed by atoms with E-state index < -0.39 is 0 Å². The molecule has 1 aromatic heterocycles. The van der Waals surface area contributed by atoms with E-state index in [9.17, 15) is 14.4 Å². The number of rotatable bonds is 3. The van der Waals surface area contributed by atoms with Crippen LogP contribution in [0.2, 0.25) is 0 Å². The van der Waals surface area contributed by atoms with Gasteiger partial charge in [0.1, 0.15) is 0 Å². The molecule has 3 amide bonds. The highest BCUT2D eigenvalue weighted by atomic mass is 16.5. The zero-order valence-electron chi connectivity index (χ0n) is 14.6. The molecule has 0 radical (unpaired) electrons. The molecule has 8 nitrogen and oxygen atoms in total. The number of hydrogen-bond donors (Lipinski definition) is 0. The summed E-state index contributed by atoms with van der Waals surface area (Å²) < 4.78 is 10.4. The Morgan fingerprint density at radius 2 is 1.42 bits per heavy atom. The Kier molecular flexibility index (Phi) is 4.67. The van der Waals surface area contributed by atoms with Gasteiger partial charge in [0.05, 0.1) is 31.3 Å². The van der Waals surface area contributed by atoms with Crippen molar-refractivity contribution in [1.29, 1.82) is 0 Å². The Morgan fingerprint density at radius 3 is 2.00 bits per heavy atom. The van der Waals surface area contributed by atoms with Crippen LogP contribution in [0.1, 0.15) is 17.0 Å². The summed E-state index contributed by atoms with van der Waals surface area (Å²) in [4.78, 5) is 42.7. The van der Waals surface area contributed by atoms with Crippen molar-refractivity contribution in [2.24, 2.45) is 11.8 Å². The van der Waals surface area contributed by atoms with E-state index in [0.717, 1.165) is 0 Å². The maximum Gasteiger partial charge on any atom is 0.289 e. The van der Waals surface area contributed by atoms with Crippen LogP contribution in [-0.2, 0) is 14.3 Å². The average Bonchev–Trinajstić information content (AvgIpc) is 3.31. The van der Waals surface area contributed by atoms with Crippen molar-refractivity contribution in [1.82, 2.24) is 14.7 Å². The molecular formula is C18H23N3O5. The zero-order valence-corrected chi connectivity index (χ0v) is 14.6. The minimum atomic E-state index is -0.197. The highest BCUT2D eigenvalue weighted by Crippen LogP contribution is 2.41. The molecule has 2 aliphatic heterocycles. The lowest BCUT2D eigenvalue weighted by Crippen LogP contribution is -2.51. The highest BCUT2D eigenvalue weighted by molar-refractivity contribution is 5.93. The van der Waals surface area contributed by atoms with Crippen LogP contribution in [0.15, 0.2) is 22.8 Å². The van der Waals surface area contributed by atoms with E-state index in [1.54, 1.807) is 26.8 Å². The molecule has 0 aromatic carbocycles. The summed E-state index contributed by atoms with van der Waals surface area (Å²) >= 11 is 0. The number of hydrogen-bond acceptors (Lipinski definition) is 5. The van der Waals surface area contributed by atoms with Crippen molar-refractivity contribution in [3.05, 3.63) is 24.2 Å². The van der Waals surface area contributed by atoms with Crippen LogP contribution < -0.4 is 0 Å². The van der Waals surface area contributed by atoms with Crippen LogP contribution in [-0.4, -0.2) is 84.9 Å². The first-order valence-corrected chi connectivity index (χ1v) is 9.13. The van der Waals surface area contributed by atoms with Crippen LogP contribution in [0, 0.1) is 11.8 Å². The number of piperazine rings is 1. The minimum Gasteiger partial charge on any atom is -0.459 e. The maximum atomic E-state index is 12.7. The van der Waals surface area contributed by atoms with Crippen molar-refractivity contribution in [3.63, 3.8) is 0 Å². The normalized spacial score (nSPS) is 25.9. The van der Waals surface area contributed by atoms with Crippen LogP contribution in [0.5, 0.6) is 0 Å². The van der Waals surface area contributed by atoms with Gasteiger partial charge < -0.3 is 23.9 Å². The van der Waals surface area contributed by atoms with Crippen LogP contribution in [0.25, 0.3) is 0 Å². The average molecular weight is 361 g/mol. The highest BCUT2D eigenvalue weighted by Gasteiger charge is 2.51. The van der Waals surface area contributed by atoms with Crippen molar-refractivity contribution < 1.29 is 23.5 Å². The molecule has 0 spiro atoms. The third-order valence-electron chi connectivity index (χ3n) is 5.36. The Labute approximate surface area is 151 Å². The Morgan fingerprint density at radius 1 is 0.846 bits per heavy atom. The topological polar surface area (TPSA) is 83.3 Å². The largest absolute Gasteiger partial charge is 0.459 e. The second-order valence-corrected chi connectivity index (χ2v) is 6.98. The molecule has 2 unspecified atom stereocenters. The number of carbonyl (C=O) groups is 3. The first-order chi connectivity index (χ1) is 12.6. The predicted molar refractivity (Wildman–Crippen MR) is 90.2 cm³/mol. The van der Waals surface area contributed by atoms with Crippen LogP contribution >= 0.6 is 0 Å². The summed E-state index contributed by atoms with van der Waals surface area (Å²) in [5, 5.41) is 0. The molecule has 3 fully saturated rings. The van der Waals surface area contributed by atoms with E-state index in [1.165, 1.54) is 6.26 Å². The second kappa shape index (κ2) is 7.11. The van der Waals surface area contributed by atoms with Gasteiger partial charge in [0.15, 0.2) is 5.76 Å². The summed E-state index contributed by atoms with van der Waals surface area (Å²) in [5.41, 5.74) is 0. The molecule has 1 saturated carbocycles. The molecule has 2 atom stereocenters. The predicted octanol–water partition coefficient (Wildman–Crippen LogP) is 0.0589. The van der Waals surface area contributed by atoms with Crippen molar-refractivity contribution in [2.75, 3.05) is 52.5 Å². The monoisotopic (exact) mass is 361 g/mol. The van der Waals surface area contributed by atoms with Gasteiger partial charge in [-0.05, 0) is 18.6 Å². The first kappa shape index (κ1) is 17.1. The lowest BCUT2D eigenvalue weighted by molar-refractivity contribution is -0.140. The molecule has 140 valence electrons. The molecule has 3 heterocycles. The number of ether oxygens (including phenoxy) is 1. The number of amides is 3. The summed E-state index contributed by atoms with van der Waals surface area (Å²) in [5.74, 6) is -0.0712. The molecule has 1 aromatic rings. The fraction of sp³-hybridized carbons (Fsp3) is 0.611. The van der Waals surface area contributed by atoms with Gasteiger partial charge in [-0.1, -0.05) is 0 Å². The van der Waals surface area contributed by atoms with Crippen LogP contribution in [0.4, 0.5) is 0 Å². The third kappa shape index (κ3) is 3.33. The van der Waals surface area contributed by atoms with Gasteiger partial charge in [0.2, 0.25) is 11.8 Å². The minimum absolute atomic E-state index is 0.0432. The quantitative estimate of drug-likeness (QED) is 0.760. The lowest BCUT2D eigenvalue weighted by atomic mass is 10.2. The second-order valence-electron chi connectivity index (χ2n) is 6.98. The number of nitrogens with zero attached hydrogens (tertiary/aromatic N) is 3. The molecule has 0 bridgehead atoms. The van der Waals surface area contributed by atoms with Gasteiger partial charge in [-0.25, -0.2) is 0 Å². The number of morpholine rings is 1. The molecule has 2 saturated heterocycles. The first-order valence-electron chi connectivity index (χ1n) is 9.13. The number of furan rings is 1. The van der Waals surface area contributed by atoms with E-state index >= 15 is 0 Å². The molecule has 8 heteroatoms. The van der Waals surface area contributed by atoms with Crippen molar-refractivity contribution >= 4 is 17.7 Å². The smallest absolute Gasteiger partial charge is 0.289 e. The summed E-state index contributed by atoms with van der Waals surface area (Å²) in [6.45, 7) is 4.35. The Bertz CT molecular complexity index is 675. The van der Waals surface area contributed by atoms with E-state index in [4.69, 9.17) is 9.15 Å². The molecule has 26 heavy (non-hydrogen) atoms. The SMILES string of the molecule is O=C(c1ccco1)N1CCN(C(=O)C2CC2C(=O)N2CCOCC2)CC1. The molecule has 3 aliphatic rings. The number of carbonyl (C=O) groups excluding carboxylic acids is 3. The van der Waals surface area contributed by atoms with Gasteiger partial charge in [0.25, 0.3) is 5.91 Å². The lowest BCUT2D eigenvalue weighted by Gasteiger charge is -2.34. The zero-order chi connectivity index (χ0) is 18.1. The molecular weight excluding hydrogens is 338 g/mol.